The van der Waals surface area contributed by atoms with E-state index in [2.05, 4.69) is 0 Å². The monoisotopic (exact) mass is 813 g/mol. The van der Waals surface area contributed by atoms with Gasteiger partial charge in [0.25, 0.3) is 0 Å². The summed E-state index contributed by atoms with van der Waals surface area (Å²) in [5.74, 6) is 1.06. The molecule has 336 valence electrons. The lowest BCUT2D eigenvalue weighted by Crippen LogP contribution is -2.15. The van der Waals surface area contributed by atoms with Gasteiger partial charge < -0.3 is 66.7 Å². The van der Waals surface area contributed by atoms with Gasteiger partial charge >= 0.3 is 0 Å². The Balaban J connectivity index is 1.58. The summed E-state index contributed by atoms with van der Waals surface area (Å²) in [7, 11) is 0. The minimum absolute atomic E-state index is 0.0260. The summed E-state index contributed by atoms with van der Waals surface area (Å²) >= 11 is 0. The number of hydrogen-bond donors (Lipinski definition) is 1. The molecule has 14 heteroatoms. The number of aliphatic hydroxyl groups is 1. The minimum atomic E-state index is 0.0260. The number of rotatable bonds is 50. The van der Waals surface area contributed by atoms with Crippen molar-refractivity contribution < 1.29 is 66.7 Å². The second-order valence-electron chi connectivity index (χ2n) is 13.8. The van der Waals surface area contributed by atoms with E-state index in [0.717, 1.165) is 18.9 Å². The molecule has 0 aliphatic heterocycles. The molecule has 0 radical (unpaired) electrons. The molecular formula is C42H84O14. The van der Waals surface area contributed by atoms with Crippen LogP contribution < -0.4 is 0 Å². The first-order chi connectivity index (χ1) is 27.9. The van der Waals surface area contributed by atoms with E-state index in [1.165, 1.54) is 83.5 Å². The third-order valence-electron chi connectivity index (χ3n) is 9.08. The van der Waals surface area contributed by atoms with Gasteiger partial charge in [-0.3, -0.25) is 0 Å². The van der Waals surface area contributed by atoms with Gasteiger partial charge in [0.2, 0.25) is 0 Å². The minimum Gasteiger partial charge on any atom is -0.394 e. The predicted octanol–water partition coefficient (Wildman–Crippen LogP) is 5.29. The summed E-state index contributed by atoms with van der Waals surface area (Å²) in [6.45, 7) is 13.8. The van der Waals surface area contributed by atoms with Crippen LogP contribution in [0.4, 0.5) is 0 Å². The molecule has 1 aliphatic carbocycles. The molecule has 0 spiro atoms. The molecule has 0 aromatic heterocycles. The summed E-state index contributed by atoms with van der Waals surface area (Å²) in [5, 5.41) is 8.60. The van der Waals surface area contributed by atoms with Crippen LogP contribution in [0.2, 0.25) is 0 Å². The molecule has 0 unspecified atom stereocenters. The van der Waals surface area contributed by atoms with Gasteiger partial charge in [0, 0.05) is 6.61 Å². The van der Waals surface area contributed by atoms with E-state index in [0.29, 0.717) is 165 Å². The summed E-state index contributed by atoms with van der Waals surface area (Å²) < 4.78 is 71.1. The molecule has 0 saturated heterocycles. The van der Waals surface area contributed by atoms with Crippen molar-refractivity contribution in [2.75, 3.05) is 178 Å². The van der Waals surface area contributed by atoms with Gasteiger partial charge in [-0.15, -0.1) is 0 Å². The highest BCUT2D eigenvalue weighted by molar-refractivity contribution is 4.67. The Morgan fingerprint density at radius 1 is 0.250 bits per heavy atom. The first kappa shape index (κ1) is 53.5. The topological polar surface area (TPSA) is 140 Å². The fourth-order valence-electron chi connectivity index (χ4n) is 5.98. The van der Waals surface area contributed by atoms with Crippen molar-refractivity contribution in [2.24, 2.45) is 5.92 Å². The van der Waals surface area contributed by atoms with Crippen LogP contribution in [0.3, 0.4) is 0 Å². The Morgan fingerprint density at radius 3 is 0.732 bits per heavy atom. The highest BCUT2D eigenvalue weighted by Crippen LogP contribution is 2.29. The number of unbranched alkanes of at least 4 members (excludes halogenated alkanes) is 8. The van der Waals surface area contributed by atoms with E-state index in [4.69, 9.17) is 66.7 Å². The molecule has 1 rings (SSSR count). The van der Waals surface area contributed by atoms with Crippen molar-refractivity contribution >= 4 is 0 Å². The van der Waals surface area contributed by atoms with Gasteiger partial charge in [-0.2, -0.15) is 0 Å². The van der Waals surface area contributed by atoms with Crippen molar-refractivity contribution in [2.45, 2.75) is 89.9 Å². The predicted molar refractivity (Wildman–Crippen MR) is 216 cm³/mol. The van der Waals surface area contributed by atoms with Gasteiger partial charge in [-0.25, -0.2) is 0 Å². The molecule has 0 bridgehead atoms. The zero-order valence-corrected chi connectivity index (χ0v) is 35.3. The number of hydrogen-bond acceptors (Lipinski definition) is 14. The van der Waals surface area contributed by atoms with Gasteiger partial charge in [-0.1, -0.05) is 83.5 Å². The number of aliphatic hydroxyl groups excluding tert-OH is 1. The fraction of sp³-hybridized carbons (Fsp3) is 1.00. The molecule has 0 aromatic carbocycles. The van der Waals surface area contributed by atoms with Crippen LogP contribution in [-0.2, 0) is 61.6 Å². The fourth-order valence-corrected chi connectivity index (χ4v) is 5.98. The zero-order valence-electron chi connectivity index (χ0n) is 35.3. The molecule has 0 atom stereocenters. The van der Waals surface area contributed by atoms with E-state index in [-0.39, 0.29) is 6.61 Å². The van der Waals surface area contributed by atoms with Crippen molar-refractivity contribution in [1.82, 2.24) is 0 Å². The van der Waals surface area contributed by atoms with Crippen LogP contribution in [0.25, 0.3) is 0 Å². The molecule has 1 saturated carbocycles. The second-order valence-corrected chi connectivity index (χ2v) is 13.8. The van der Waals surface area contributed by atoms with Gasteiger partial charge in [-0.05, 0) is 12.3 Å². The summed E-state index contributed by atoms with van der Waals surface area (Å²) in [6, 6.07) is 0. The maximum Gasteiger partial charge on any atom is 0.0701 e. The van der Waals surface area contributed by atoms with Gasteiger partial charge in [0.05, 0.1) is 172 Å². The summed E-state index contributed by atoms with van der Waals surface area (Å²) in [6.07, 6.45) is 19.7. The Morgan fingerprint density at radius 2 is 0.464 bits per heavy atom. The third kappa shape index (κ3) is 44.5. The van der Waals surface area contributed by atoms with Crippen molar-refractivity contribution in [3.05, 3.63) is 0 Å². The maximum absolute atomic E-state index is 8.60. The molecule has 0 aromatic rings. The van der Waals surface area contributed by atoms with Crippen LogP contribution in [0.5, 0.6) is 0 Å². The third-order valence-corrected chi connectivity index (χ3v) is 9.08. The van der Waals surface area contributed by atoms with Gasteiger partial charge in [0.15, 0.2) is 0 Å². The smallest absolute Gasteiger partial charge is 0.0701 e. The normalized spacial score (nSPS) is 13.4. The SMILES string of the molecule is OCCOCCOCCOCCOCCOCCOCCOCCOCCOCCOCCOCCOCCOCCCCCCCCCCCC1CCCC1. The lowest BCUT2D eigenvalue weighted by molar-refractivity contribution is -0.0292. The first-order valence-corrected chi connectivity index (χ1v) is 22.0. The standard InChI is InChI=1S/C42H84O14/c43-15-17-45-19-21-47-23-25-49-27-29-51-31-33-53-35-37-55-39-41-56-40-38-54-36-34-52-32-30-50-28-26-48-24-22-46-20-18-44-16-11-7-5-3-1-2-4-6-8-12-42-13-9-10-14-42/h42-43H,1-41H2. The van der Waals surface area contributed by atoms with Crippen LogP contribution in [0.1, 0.15) is 89.9 Å². The van der Waals surface area contributed by atoms with Crippen molar-refractivity contribution in [3.63, 3.8) is 0 Å². The van der Waals surface area contributed by atoms with E-state index in [1.807, 2.05) is 0 Å². The van der Waals surface area contributed by atoms with E-state index in [9.17, 15) is 0 Å². The van der Waals surface area contributed by atoms with E-state index in [1.54, 1.807) is 0 Å². The lowest BCUT2D eigenvalue weighted by atomic mass is 9.99. The second kappa shape index (κ2) is 48.8. The molecule has 1 N–H and O–H groups in total. The van der Waals surface area contributed by atoms with Crippen LogP contribution in [0, 0.1) is 5.92 Å². The molecule has 1 fully saturated rings. The van der Waals surface area contributed by atoms with Crippen molar-refractivity contribution in [1.29, 1.82) is 0 Å². The van der Waals surface area contributed by atoms with E-state index < -0.39 is 0 Å². The summed E-state index contributed by atoms with van der Waals surface area (Å²) in [5.41, 5.74) is 0. The molecule has 0 amide bonds. The molecule has 14 nitrogen and oxygen atoms in total. The molecular weight excluding hydrogens is 728 g/mol. The molecule has 1 aliphatic rings. The Labute approximate surface area is 340 Å². The van der Waals surface area contributed by atoms with Crippen LogP contribution in [-0.4, -0.2) is 183 Å². The van der Waals surface area contributed by atoms with Gasteiger partial charge in [0.1, 0.15) is 0 Å². The lowest BCUT2D eigenvalue weighted by Gasteiger charge is -2.09. The highest BCUT2D eigenvalue weighted by Gasteiger charge is 2.13. The zero-order chi connectivity index (χ0) is 39.8. The maximum atomic E-state index is 8.60. The molecule has 56 heavy (non-hydrogen) atoms. The quantitative estimate of drug-likeness (QED) is 0.0797. The van der Waals surface area contributed by atoms with E-state index >= 15 is 0 Å². The largest absolute Gasteiger partial charge is 0.394 e. The first-order valence-electron chi connectivity index (χ1n) is 22.0. The Kier molecular flexibility index (Phi) is 46.6. The van der Waals surface area contributed by atoms with Crippen LogP contribution >= 0.6 is 0 Å². The average molecular weight is 813 g/mol. The average Bonchev–Trinajstić information content (AvgIpc) is 3.74. The Hall–Kier alpha value is -0.560. The van der Waals surface area contributed by atoms with Crippen molar-refractivity contribution in [3.8, 4) is 0 Å². The van der Waals surface area contributed by atoms with Crippen LogP contribution in [0.15, 0.2) is 0 Å². The summed E-state index contributed by atoms with van der Waals surface area (Å²) in [4.78, 5) is 0. The highest BCUT2D eigenvalue weighted by atomic mass is 16.6. The molecule has 0 heterocycles. The Bertz CT molecular complexity index is 704. The number of ether oxygens (including phenoxy) is 13.